The summed E-state index contributed by atoms with van der Waals surface area (Å²) in [5.41, 5.74) is 8.67. The van der Waals surface area contributed by atoms with Crippen LogP contribution >= 0.6 is 11.8 Å². The molecule has 0 bridgehead atoms. The molecule has 0 heterocycles. The smallest absolute Gasteiger partial charge is 0.412 e. The summed E-state index contributed by atoms with van der Waals surface area (Å²) in [5, 5.41) is 17.3. The number of ether oxygens (including phenoxy) is 2. The Balaban J connectivity index is 1.28. The van der Waals surface area contributed by atoms with Crippen LogP contribution in [0.2, 0.25) is 0 Å². The van der Waals surface area contributed by atoms with Gasteiger partial charge in [0.15, 0.2) is 0 Å². The van der Waals surface area contributed by atoms with Gasteiger partial charge in [-0.2, -0.15) is 0 Å². The molecule has 12 nitrogen and oxygen atoms in total. The number of amides is 4. The number of alkyl carbamates (subject to hydrolysis) is 1. The van der Waals surface area contributed by atoms with Gasteiger partial charge in [-0.25, -0.2) is 14.4 Å². The fraction of sp³-hybridized carbons (Fsp3) is 0.310. The molecule has 4 aromatic rings. The Labute approximate surface area is 325 Å². The third-order valence-electron chi connectivity index (χ3n) is 8.92. The summed E-state index contributed by atoms with van der Waals surface area (Å²) >= 11 is 1.51. The lowest BCUT2D eigenvalue weighted by Gasteiger charge is -2.36. The number of carboxylic acids is 1. The Kier molecular flexibility index (Phi) is 15.3. The molecular formula is C42H48N4O8S. The molecule has 0 aromatic heterocycles. The molecule has 4 aromatic carbocycles. The number of aliphatic carboxylic acids is 1. The number of hydrogen-bond acceptors (Lipinski definition) is 8. The summed E-state index contributed by atoms with van der Waals surface area (Å²) in [6, 6.07) is 33.9. The Morgan fingerprint density at radius 3 is 1.75 bits per heavy atom. The minimum absolute atomic E-state index is 0.0191. The molecule has 0 aliphatic heterocycles. The van der Waals surface area contributed by atoms with Crippen molar-refractivity contribution >= 4 is 41.7 Å². The van der Waals surface area contributed by atoms with Crippen molar-refractivity contribution in [1.82, 2.24) is 16.0 Å². The van der Waals surface area contributed by atoms with E-state index in [0.717, 1.165) is 16.7 Å². The van der Waals surface area contributed by atoms with Crippen LogP contribution in [0.4, 0.5) is 9.59 Å². The zero-order valence-corrected chi connectivity index (χ0v) is 32.0. The molecule has 55 heavy (non-hydrogen) atoms. The van der Waals surface area contributed by atoms with E-state index in [4.69, 9.17) is 15.2 Å². The summed E-state index contributed by atoms with van der Waals surface area (Å²) in [6.07, 6.45) is -0.747. The van der Waals surface area contributed by atoms with Gasteiger partial charge in [0.1, 0.15) is 23.4 Å². The van der Waals surface area contributed by atoms with Gasteiger partial charge in [0.2, 0.25) is 11.8 Å². The molecule has 2 unspecified atom stereocenters. The third kappa shape index (κ3) is 12.4. The number of carbonyl (C=O) groups is 5. The van der Waals surface area contributed by atoms with E-state index in [9.17, 15) is 29.1 Å². The van der Waals surface area contributed by atoms with Crippen molar-refractivity contribution in [3.05, 3.63) is 138 Å². The van der Waals surface area contributed by atoms with Gasteiger partial charge >= 0.3 is 18.2 Å². The molecule has 6 N–H and O–H groups in total. The van der Waals surface area contributed by atoms with Crippen LogP contribution in [-0.2, 0) is 30.3 Å². The highest BCUT2D eigenvalue weighted by molar-refractivity contribution is 8.00. The molecule has 0 aliphatic rings. The first-order chi connectivity index (χ1) is 26.3. The normalized spacial score (nSPS) is 12.4. The molecule has 0 aliphatic carbocycles. The number of primary amides is 1. The number of carboxylic acid groups (broad SMARTS) is 1. The van der Waals surface area contributed by atoms with Gasteiger partial charge in [0.05, 0.1) is 4.75 Å². The SMILES string of the molecule is CCC(C)(C)OC(=O)NC(Cc1ccc(OC(=O)NCCCC(=O)NC(CSC(c2ccccc2)(c2ccccc2)c2ccccc2)C(N)=O)cc1)C(=O)O. The Morgan fingerprint density at radius 2 is 1.27 bits per heavy atom. The summed E-state index contributed by atoms with van der Waals surface area (Å²) < 4.78 is 9.90. The van der Waals surface area contributed by atoms with E-state index in [1.165, 1.54) is 23.9 Å². The van der Waals surface area contributed by atoms with Crippen LogP contribution in [0.15, 0.2) is 115 Å². The quantitative estimate of drug-likeness (QED) is 0.0550. The number of thioether (sulfide) groups is 1. The van der Waals surface area contributed by atoms with E-state index < -0.39 is 52.4 Å². The van der Waals surface area contributed by atoms with Crippen molar-refractivity contribution in [1.29, 1.82) is 0 Å². The average molecular weight is 769 g/mol. The van der Waals surface area contributed by atoms with Crippen LogP contribution in [0.5, 0.6) is 5.75 Å². The lowest BCUT2D eigenvalue weighted by molar-refractivity contribution is -0.139. The van der Waals surface area contributed by atoms with Gasteiger partial charge < -0.3 is 36.3 Å². The Bertz CT molecular complexity index is 1780. The highest BCUT2D eigenvalue weighted by Gasteiger charge is 2.38. The first kappa shape index (κ1) is 41.9. The molecule has 13 heteroatoms. The summed E-state index contributed by atoms with van der Waals surface area (Å²) in [6.45, 7) is 5.43. The van der Waals surface area contributed by atoms with E-state index >= 15 is 0 Å². The predicted octanol–water partition coefficient (Wildman–Crippen LogP) is 6.16. The van der Waals surface area contributed by atoms with Crippen molar-refractivity contribution in [2.24, 2.45) is 5.73 Å². The Morgan fingerprint density at radius 1 is 0.745 bits per heavy atom. The molecule has 290 valence electrons. The van der Waals surface area contributed by atoms with Crippen LogP contribution in [0.1, 0.15) is 62.3 Å². The standard InChI is InChI=1S/C42H48N4O8S/c1-4-41(2,3)54-40(52)46-34(38(49)50)27-29-22-24-33(25-23-29)53-39(51)44-26-14-21-36(47)45-35(37(43)48)28-55-42(30-15-8-5-9-16-30,31-17-10-6-11-18-31)32-19-12-7-13-20-32/h5-13,15-20,22-25,34-35H,4,14,21,26-28H2,1-3H3,(H2,43,48)(H,44,51)(H,45,47)(H,46,52)(H,49,50). The first-order valence-electron chi connectivity index (χ1n) is 18.0. The van der Waals surface area contributed by atoms with Crippen molar-refractivity contribution in [2.45, 2.75) is 68.9 Å². The molecule has 0 saturated carbocycles. The molecule has 4 amide bonds. The van der Waals surface area contributed by atoms with Crippen LogP contribution in [-0.4, -0.2) is 65.1 Å². The van der Waals surface area contributed by atoms with Gasteiger partial charge in [-0.3, -0.25) is 9.59 Å². The maximum absolute atomic E-state index is 13.0. The minimum Gasteiger partial charge on any atom is -0.480 e. The number of rotatable bonds is 19. The van der Waals surface area contributed by atoms with Crippen LogP contribution in [0.25, 0.3) is 0 Å². The number of benzene rings is 4. The molecule has 0 saturated heterocycles. The van der Waals surface area contributed by atoms with E-state index in [-0.39, 0.29) is 37.3 Å². The molecular weight excluding hydrogens is 721 g/mol. The highest BCUT2D eigenvalue weighted by Crippen LogP contribution is 2.48. The van der Waals surface area contributed by atoms with Crippen LogP contribution in [0.3, 0.4) is 0 Å². The maximum Gasteiger partial charge on any atom is 0.412 e. The molecule has 0 spiro atoms. The number of nitrogens with one attached hydrogen (secondary N) is 3. The monoisotopic (exact) mass is 768 g/mol. The van der Waals surface area contributed by atoms with Crippen LogP contribution in [0, 0.1) is 0 Å². The minimum atomic E-state index is -1.23. The van der Waals surface area contributed by atoms with Gasteiger partial charge in [0.25, 0.3) is 0 Å². The Hall–Kier alpha value is -5.82. The molecule has 0 fully saturated rings. The van der Waals surface area contributed by atoms with Crippen molar-refractivity contribution in [2.75, 3.05) is 12.3 Å². The average Bonchev–Trinajstić information content (AvgIpc) is 3.17. The second kappa shape index (κ2) is 20.0. The third-order valence-corrected chi connectivity index (χ3v) is 10.6. The molecule has 0 radical (unpaired) electrons. The topological polar surface area (TPSA) is 186 Å². The largest absolute Gasteiger partial charge is 0.480 e. The summed E-state index contributed by atoms with van der Waals surface area (Å²) in [4.78, 5) is 62.0. The fourth-order valence-electron chi connectivity index (χ4n) is 5.65. The summed E-state index contributed by atoms with van der Waals surface area (Å²) in [7, 11) is 0. The summed E-state index contributed by atoms with van der Waals surface area (Å²) in [5.74, 6) is -1.87. The maximum atomic E-state index is 13.0. The number of hydrogen-bond donors (Lipinski definition) is 5. The molecule has 4 rings (SSSR count). The lowest BCUT2D eigenvalue weighted by atomic mass is 9.84. The zero-order valence-electron chi connectivity index (χ0n) is 31.2. The van der Waals surface area contributed by atoms with Gasteiger partial charge in [-0.1, -0.05) is 110 Å². The fourth-order valence-corrected chi connectivity index (χ4v) is 7.22. The van der Waals surface area contributed by atoms with Gasteiger partial charge in [-0.05, 0) is 61.1 Å². The molecule has 2 atom stereocenters. The van der Waals surface area contributed by atoms with E-state index in [0.29, 0.717) is 12.0 Å². The highest BCUT2D eigenvalue weighted by atomic mass is 32.2. The van der Waals surface area contributed by atoms with E-state index in [2.05, 4.69) is 16.0 Å². The zero-order chi connectivity index (χ0) is 39.8. The van der Waals surface area contributed by atoms with Gasteiger partial charge in [0, 0.05) is 25.1 Å². The van der Waals surface area contributed by atoms with Crippen molar-refractivity contribution < 1.29 is 38.6 Å². The lowest BCUT2D eigenvalue weighted by Crippen LogP contribution is -2.47. The number of carbonyl (C=O) groups excluding carboxylic acids is 4. The van der Waals surface area contributed by atoms with E-state index in [1.54, 1.807) is 26.0 Å². The predicted molar refractivity (Wildman–Crippen MR) is 212 cm³/mol. The second-order valence-electron chi connectivity index (χ2n) is 13.4. The first-order valence-corrected chi connectivity index (χ1v) is 19.0. The van der Waals surface area contributed by atoms with Crippen LogP contribution < -0.4 is 26.4 Å². The van der Waals surface area contributed by atoms with E-state index in [1.807, 2.05) is 97.9 Å². The number of nitrogens with two attached hydrogens (primary N) is 1. The van der Waals surface area contributed by atoms with Crippen molar-refractivity contribution in [3.63, 3.8) is 0 Å². The second-order valence-corrected chi connectivity index (χ2v) is 14.7. The van der Waals surface area contributed by atoms with Gasteiger partial charge in [-0.15, -0.1) is 11.8 Å². The van der Waals surface area contributed by atoms with Crippen molar-refractivity contribution in [3.8, 4) is 5.75 Å².